The molecule has 162 valence electrons. The number of hydrogen-bond donors (Lipinski definition) is 1. The number of fused-ring (bicyclic) bond motifs is 1. The van der Waals surface area contributed by atoms with Gasteiger partial charge >= 0.3 is 0 Å². The smallest absolute Gasteiger partial charge is 0.255 e. The Bertz CT molecular complexity index is 1290. The lowest BCUT2D eigenvalue weighted by atomic mass is 10.1. The average Bonchev–Trinajstić information content (AvgIpc) is 3.19. The molecule has 0 bridgehead atoms. The predicted octanol–water partition coefficient (Wildman–Crippen LogP) is 2.89. The van der Waals surface area contributed by atoms with Crippen LogP contribution >= 0.6 is 0 Å². The SMILES string of the molecule is COc1ccc(-n2ncc(CN3CCc4nc(-c5cccnc5)[nH]c(=O)c4C3)c2C)cc1. The molecule has 0 radical (unpaired) electrons. The minimum Gasteiger partial charge on any atom is -0.497 e. The number of nitrogens with one attached hydrogen (secondary N) is 1. The van der Waals surface area contributed by atoms with Crippen molar-refractivity contribution in [3.63, 3.8) is 0 Å². The summed E-state index contributed by atoms with van der Waals surface area (Å²) in [5.41, 5.74) is 5.56. The number of aromatic nitrogens is 5. The van der Waals surface area contributed by atoms with Gasteiger partial charge in [0.1, 0.15) is 11.6 Å². The Hall–Kier alpha value is -3.78. The van der Waals surface area contributed by atoms with Crippen LogP contribution in [0.4, 0.5) is 0 Å². The van der Waals surface area contributed by atoms with Crippen molar-refractivity contribution in [2.24, 2.45) is 0 Å². The molecule has 1 aliphatic rings. The molecule has 0 fully saturated rings. The summed E-state index contributed by atoms with van der Waals surface area (Å²) in [6.45, 7) is 4.20. The third kappa shape index (κ3) is 3.80. The molecule has 8 heteroatoms. The molecule has 0 aliphatic carbocycles. The van der Waals surface area contributed by atoms with E-state index in [-0.39, 0.29) is 5.56 Å². The first kappa shape index (κ1) is 20.1. The summed E-state index contributed by atoms with van der Waals surface area (Å²) in [6, 6.07) is 11.6. The molecule has 1 aromatic carbocycles. The molecule has 4 aromatic rings. The maximum atomic E-state index is 12.8. The fourth-order valence-electron chi connectivity index (χ4n) is 4.08. The molecule has 4 heterocycles. The fraction of sp³-hybridized carbons (Fsp3) is 0.250. The molecule has 0 saturated heterocycles. The van der Waals surface area contributed by atoms with Gasteiger partial charge in [0, 0.05) is 55.3 Å². The Morgan fingerprint density at radius 1 is 1.16 bits per heavy atom. The van der Waals surface area contributed by atoms with E-state index in [1.165, 1.54) is 0 Å². The number of benzene rings is 1. The lowest BCUT2D eigenvalue weighted by molar-refractivity contribution is 0.241. The van der Waals surface area contributed by atoms with Gasteiger partial charge in [-0.2, -0.15) is 5.10 Å². The first-order valence-electron chi connectivity index (χ1n) is 10.5. The van der Waals surface area contributed by atoms with Gasteiger partial charge in [-0.05, 0) is 43.3 Å². The molecule has 0 amide bonds. The highest BCUT2D eigenvalue weighted by Crippen LogP contribution is 2.22. The number of H-pyrrole nitrogens is 1. The first-order valence-corrected chi connectivity index (χ1v) is 10.5. The largest absolute Gasteiger partial charge is 0.497 e. The van der Waals surface area contributed by atoms with Gasteiger partial charge in [-0.3, -0.25) is 14.7 Å². The lowest BCUT2D eigenvalue weighted by Gasteiger charge is -2.27. The van der Waals surface area contributed by atoms with Crippen LogP contribution in [0.25, 0.3) is 17.1 Å². The maximum absolute atomic E-state index is 12.8. The summed E-state index contributed by atoms with van der Waals surface area (Å²) in [5, 5.41) is 4.58. The Labute approximate surface area is 185 Å². The van der Waals surface area contributed by atoms with Crippen LogP contribution in [0.1, 0.15) is 22.5 Å². The number of nitrogens with zero attached hydrogens (tertiary/aromatic N) is 5. The topological polar surface area (TPSA) is 88.9 Å². The second-order valence-electron chi connectivity index (χ2n) is 7.91. The number of rotatable bonds is 5. The third-order valence-corrected chi connectivity index (χ3v) is 5.91. The summed E-state index contributed by atoms with van der Waals surface area (Å²) >= 11 is 0. The van der Waals surface area contributed by atoms with E-state index in [0.29, 0.717) is 12.4 Å². The monoisotopic (exact) mass is 428 g/mol. The number of methoxy groups -OCH3 is 1. The third-order valence-electron chi connectivity index (χ3n) is 5.91. The van der Waals surface area contributed by atoms with Gasteiger partial charge in [0.05, 0.1) is 30.3 Å². The van der Waals surface area contributed by atoms with Gasteiger partial charge in [-0.25, -0.2) is 9.67 Å². The zero-order valence-corrected chi connectivity index (χ0v) is 18.1. The van der Waals surface area contributed by atoms with E-state index in [9.17, 15) is 4.79 Å². The number of pyridine rings is 1. The highest BCUT2D eigenvalue weighted by molar-refractivity contribution is 5.53. The average molecular weight is 428 g/mol. The molecule has 0 atom stereocenters. The van der Waals surface area contributed by atoms with Crippen molar-refractivity contribution in [2.75, 3.05) is 13.7 Å². The second kappa shape index (κ2) is 8.39. The molecule has 0 spiro atoms. The summed E-state index contributed by atoms with van der Waals surface area (Å²) in [5.74, 6) is 1.39. The molecule has 3 aromatic heterocycles. The van der Waals surface area contributed by atoms with Crippen molar-refractivity contribution in [1.82, 2.24) is 29.6 Å². The molecule has 0 saturated carbocycles. The zero-order chi connectivity index (χ0) is 22.1. The summed E-state index contributed by atoms with van der Waals surface area (Å²) in [4.78, 5) is 26.8. The predicted molar refractivity (Wildman–Crippen MR) is 121 cm³/mol. The van der Waals surface area contributed by atoms with Crippen LogP contribution < -0.4 is 10.3 Å². The molecule has 5 rings (SSSR count). The van der Waals surface area contributed by atoms with Crippen LogP contribution in [-0.4, -0.2) is 43.3 Å². The van der Waals surface area contributed by atoms with Crippen molar-refractivity contribution in [3.8, 4) is 22.8 Å². The van der Waals surface area contributed by atoms with Crippen molar-refractivity contribution in [2.45, 2.75) is 26.4 Å². The van der Waals surface area contributed by atoms with E-state index in [1.807, 2.05) is 47.3 Å². The van der Waals surface area contributed by atoms with Crippen LogP contribution in [0.5, 0.6) is 5.75 Å². The number of hydrogen-bond acceptors (Lipinski definition) is 6. The standard InChI is InChI=1S/C24H24N6O2/c1-16-18(13-26-30(16)19-5-7-20(32-2)8-6-19)14-29-11-9-22-21(15-29)24(31)28-23(27-22)17-4-3-10-25-12-17/h3-8,10,12-13H,9,11,14-15H2,1-2H3,(H,27,28,31). The highest BCUT2D eigenvalue weighted by atomic mass is 16.5. The Morgan fingerprint density at radius 2 is 2.00 bits per heavy atom. The minimum absolute atomic E-state index is 0.0794. The van der Waals surface area contributed by atoms with Crippen molar-refractivity contribution in [1.29, 1.82) is 0 Å². The van der Waals surface area contributed by atoms with E-state index in [4.69, 9.17) is 9.72 Å². The first-order chi connectivity index (χ1) is 15.6. The minimum atomic E-state index is -0.0794. The lowest BCUT2D eigenvalue weighted by Crippen LogP contribution is -2.35. The maximum Gasteiger partial charge on any atom is 0.255 e. The molecule has 8 nitrogen and oxygen atoms in total. The van der Waals surface area contributed by atoms with Crippen LogP contribution in [0, 0.1) is 6.92 Å². The molecular formula is C24H24N6O2. The van der Waals surface area contributed by atoms with Crippen LogP contribution in [-0.2, 0) is 19.5 Å². The quantitative estimate of drug-likeness (QED) is 0.526. The van der Waals surface area contributed by atoms with Gasteiger partial charge in [-0.1, -0.05) is 0 Å². The van der Waals surface area contributed by atoms with Gasteiger partial charge in [0.2, 0.25) is 0 Å². The van der Waals surface area contributed by atoms with Gasteiger partial charge in [0.15, 0.2) is 0 Å². The van der Waals surface area contributed by atoms with E-state index < -0.39 is 0 Å². The highest BCUT2D eigenvalue weighted by Gasteiger charge is 2.23. The van der Waals surface area contributed by atoms with E-state index in [1.54, 1.807) is 19.5 Å². The molecule has 1 N–H and O–H groups in total. The van der Waals surface area contributed by atoms with Crippen LogP contribution in [0.3, 0.4) is 0 Å². The number of aromatic amines is 1. The van der Waals surface area contributed by atoms with Gasteiger partial charge < -0.3 is 9.72 Å². The molecule has 0 unspecified atom stereocenters. The molecule has 1 aliphatic heterocycles. The van der Waals surface area contributed by atoms with Crippen molar-refractivity contribution >= 4 is 0 Å². The van der Waals surface area contributed by atoms with Crippen molar-refractivity contribution in [3.05, 3.63) is 87.9 Å². The van der Waals surface area contributed by atoms with Gasteiger partial charge in [0.25, 0.3) is 5.56 Å². The zero-order valence-electron chi connectivity index (χ0n) is 18.1. The Balaban J connectivity index is 1.35. The van der Waals surface area contributed by atoms with E-state index >= 15 is 0 Å². The second-order valence-corrected chi connectivity index (χ2v) is 7.91. The normalized spacial score (nSPS) is 13.7. The van der Waals surface area contributed by atoms with Crippen molar-refractivity contribution < 1.29 is 4.74 Å². The van der Waals surface area contributed by atoms with Crippen LogP contribution in [0.15, 0.2) is 59.8 Å². The summed E-state index contributed by atoms with van der Waals surface area (Å²) in [7, 11) is 1.66. The van der Waals surface area contributed by atoms with Crippen LogP contribution in [0.2, 0.25) is 0 Å². The Morgan fingerprint density at radius 3 is 2.75 bits per heavy atom. The summed E-state index contributed by atoms with van der Waals surface area (Å²) < 4.78 is 7.17. The van der Waals surface area contributed by atoms with E-state index in [0.717, 1.165) is 59.0 Å². The summed E-state index contributed by atoms with van der Waals surface area (Å²) in [6.07, 6.45) is 6.06. The Kier molecular flexibility index (Phi) is 5.28. The molecule has 32 heavy (non-hydrogen) atoms. The number of ether oxygens (including phenoxy) is 1. The molecular weight excluding hydrogens is 404 g/mol. The fourth-order valence-corrected chi connectivity index (χ4v) is 4.08. The van der Waals surface area contributed by atoms with E-state index in [2.05, 4.69) is 26.9 Å². The van der Waals surface area contributed by atoms with Gasteiger partial charge in [-0.15, -0.1) is 0 Å².